The first-order valence-electron chi connectivity index (χ1n) is 13.4. The van der Waals surface area contributed by atoms with Crippen LogP contribution in [0.5, 0.6) is 0 Å². The highest BCUT2D eigenvalue weighted by Gasteiger charge is 2.08. The Balaban J connectivity index is 0.000000201. The summed E-state index contributed by atoms with van der Waals surface area (Å²) in [5, 5.41) is 0.790. The summed E-state index contributed by atoms with van der Waals surface area (Å²) >= 11 is 5.95. The predicted molar refractivity (Wildman–Crippen MR) is 160 cm³/mol. The molecular formula is C35H41Cl. The third-order valence-electron chi connectivity index (χ3n) is 7.06. The summed E-state index contributed by atoms with van der Waals surface area (Å²) in [6.07, 6.45) is 4.79. The summed E-state index contributed by atoms with van der Waals surface area (Å²) in [7, 11) is 0. The SMILES string of the molecule is CCC(C)Cc1ccc(-c2ccc(C)cc2)cc1.CCC(C)Cc1ccccc1-c1ccc(Cl)cc1. The van der Waals surface area contributed by atoms with Gasteiger partial charge in [-0.1, -0.05) is 143 Å². The van der Waals surface area contributed by atoms with E-state index in [1.807, 2.05) is 12.1 Å². The Hall–Kier alpha value is -2.83. The fourth-order valence-corrected chi connectivity index (χ4v) is 4.38. The number of rotatable bonds is 8. The van der Waals surface area contributed by atoms with Gasteiger partial charge in [0.15, 0.2) is 0 Å². The van der Waals surface area contributed by atoms with Gasteiger partial charge in [0.2, 0.25) is 0 Å². The molecule has 0 saturated heterocycles. The second-order valence-electron chi connectivity index (χ2n) is 10.2. The third-order valence-corrected chi connectivity index (χ3v) is 7.31. The van der Waals surface area contributed by atoms with E-state index < -0.39 is 0 Å². The molecule has 4 aromatic rings. The molecule has 0 amide bonds. The van der Waals surface area contributed by atoms with Gasteiger partial charge in [-0.05, 0) is 77.1 Å². The van der Waals surface area contributed by atoms with Crippen molar-refractivity contribution in [3.8, 4) is 22.3 Å². The summed E-state index contributed by atoms with van der Waals surface area (Å²) in [6, 6.07) is 34.5. The summed E-state index contributed by atoms with van der Waals surface area (Å²) < 4.78 is 0. The van der Waals surface area contributed by atoms with Crippen LogP contribution in [-0.2, 0) is 12.8 Å². The van der Waals surface area contributed by atoms with Crippen LogP contribution in [-0.4, -0.2) is 0 Å². The van der Waals surface area contributed by atoms with Crippen LogP contribution in [0.3, 0.4) is 0 Å². The molecule has 0 N–H and O–H groups in total. The van der Waals surface area contributed by atoms with Crippen molar-refractivity contribution in [2.45, 2.75) is 60.3 Å². The molecule has 4 rings (SSSR count). The van der Waals surface area contributed by atoms with Crippen LogP contribution >= 0.6 is 11.6 Å². The Morgan fingerprint density at radius 2 is 1.08 bits per heavy atom. The monoisotopic (exact) mass is 496 g/mol. The fourth-order valence-electron chi connectivity index (χ4n) is 4.26. The molecule has 0 radical (unpaired) electrons. The molecule has 0 aromatic heterocycles. The largest absolute Gasteiger partial charge is 0.0843 e. The lowest BCUT2D eigenvalue weighted by Crippen LogP contribution is -1.99. The van der Waals surface area contributed by atoms with Crippen LogP contribution in [0.1, 0.15) is 57.2 Å². The Morgan fingerprint density at radius 3 is 1.67 bits per heavy atom. The molecule has 36 heavy (non-hydrogen) atoms. The first-order valence-corrected chi connectivity index (χ1v) is 13.8. The zero-order chi connectivity index (χ0) is 25.9. The average molecular weight is 497 g/mol. The Bertz CT molecular complexity index is 1170. The summed E-state index contributed by atoms with van der Waals surface area (Å²) in [6.45, 7) is 11.2. The molecule has 2 atom stereocenters. The van der Waals surface area contributed by atoms with Gasteiger partial charge >= 0.3 is 0 Å². The van der Waals surface area contributed by atoms with Crippen LogP contribution in [0.25, 0.3) is 22.3 Å². The van der Waals surface area contributed by atoms with Gasteiger partial charge in [0.25, 0.3) is 0 Å². The number of hydrogen-bond donors (Lipinski definition) is 0. The van der Waals surface area contributed by atoms with E-state index in [9.17, 15) is 0 Å². The molecule has 0 heterocycles. The van der Waals surface area contributed by atoms with Crippen molar-refractivity contribution < 1.29 is 0 Å². The highest BCUT2D eigenvalue weighted by Crippen LogP contribution is 2.27. The van der Waals surface area contributed by atoms with Crippen molar-refractivity contribution in [3.05, 3.63) is 119 Å². The maximum Gasteiger partial charge on any atom is 0.0406 e. The van der Waals surface area contributed by atoms with Gasteiger partial charge < -0.3 is 0 Å². The zero-order valence-electron chi connectivity index (χ0n) is 22.6. The molecule has 0 saturated carbocycles. The smallest absolute Gasteiger partial charge is 0.0406 e. The average Bonchev–Trinajstić information content (AvgIpc) is 2.91. The summed E-state index contributed by atoms with van der Waals surface area (Å²) in [5.41, 5.74) is 9.37. The molecule has 0 aliphatic rings. The van der Waals surface area contributed by atoms with Gasteiger partial charge in [0.05, 0.1) is 0 Å². The van der Waals surface area contributed by atoms with Crippen molar-refractivity contribution in [2.75, 3.05) is 0 Å². The number of halogens is 1. The van der Waals surface area contributed by atoms with Gasteiger partial charge in [-0.3, -0.25) is 0 Å². The van der Waals surface area contributed by atoms with E-state index in [4.69, 9.17) is 11.6 Å². The maximum atomic E-state index is 5.95. The predicted octanol–water partition coefficient (Wildman–Crippen LogP) is 10.8. The second kappa shape index (κ2) is 14.0. The number of hydrogen-bond acceptors (Lipinski definition) is 0. The maximum absolute atomic E-state index is 5.95. The molecule has 2 unspecified atom stereocenters. The van der Waals surface area contributed by atoms with Crippen LogP contribution in [0, 0.1) is 18.8 Å². The van der Waals surface area contributed by atoms with Gasteiger partial charge in [-0.25, -0.2) is 0 Å². The van der Waals surface area contributed by atoms with Crippen LogP contribution in [0.2, 0.25) is 5.02 Å². The lowest BCUT2D eigenvalue weighted by atomic mass is 9.92. The molecule has 1 heteroatoms. The molecule has 0 aliphatic heterocycles. The van der Waals surface area contributed by atoms with Crippen molar-refractivity contribution in [2.24, 2.45) is 11.8 Å². The van der Waals surface area contributed by atoms with E-state index >= 15 is 0 Å². The van der Waals surface area contributed by atoms with Crippen molar-refractivity contribution in [1.82, 2.24) is 0 Å². The van der Waals surface area contributed by atoms with Crippen molar-refractivity contribution >= 4 is 11.6 Å². The Kier molecular flexibility index (Phi) is 10.8. The summed E-state index contributed by atoms with van der Waals surface area (Å²) in [5.74, 6) is 1.49. The first kappa shape index (κ1) is 27.8. The topological polar surface area (TPSA) is 0 Å². The third kappa shape index (κ3) is 8.38. The highest BCUT2D eigenvalue weighted by atomic mass is 35.5. The standard InChI is InChI=1S/C18H22.C17H19Cl/c1-4-14(2)13-16-7-11-18(12-8-16)17-9-5-15(3)6-10-17;1-3-13(2)12-15-6-4-5-7-17(15)14-8-10-16(18)11-9-14/h5-12,14H,4,13H2,1-3H3;4-11,13H,3,12H2,1-2H3. The molecule has 0 fully saturated rings. The minimum absolute atomic E-state index is 0.721. The molecule has 0 aliphatic carbocycles. The molecule has 0 bridgehead atoms. The Morgan fingerprint density at radius 1 is 0.583 bits per heavy atom. The normalized spacial score (nSPS) is 12.4. The van der Waals surface area contributed by atoms with Gasteiger partial charge in [-0.2, -0.15) is 0 Å². The second-order valence-corrected chi connectivity index (χ2v) is 10.6. The number of benzene rings is 4. The molecule has 188 valence electrons. The summed E-state index contributed by atoms with van der Waals surface area (Å²) in [4.78, 5) is 0. The highest BCUT2D eigenvalue weighted by molar-refractivity contribution is 6.30. The van der Waals surface area contributed by atoms with Crippen molar-refractivity contribution in [3.63, 3.8) is 0 Å². The van der Waals surface area contributed by atoms with E-state index in [-0.39, 0.29) is 0 Å². The molecular weight excluding hydrogens is 456 g/mol. The zero-order valence-corrected chi connectivity index (χ0v) is 23.4. The quantitative estimate of drug-likeness (QED) is 0.227. The van der Waals surface area contributed by atoms with Gasteiger partial charge in [0, 0.05) is 5.02 Å². The van der Waals surface area contributed by atoms with Crippen LogP contribution in [0.15, 0.2) is 97.1 Å². The fraction of sp³-hybridized carbons (Fsp3) is 0.314. The van der Waals surface area contributed by atoms with E-state index in [0.29, 0.717) is 0 Å². The van der Waals surface area contributed by atoms with E-state index in [1.165, 1.54) is 58.2 Å². The van der Waals surface area contributed by atoms with Crippen LogP contribution < -0.4 is 0 Å². The first-order chi connectivity index (χ1) is 17.4. The molecule has 4 aromatic carbocycles. The lowest BCUT2D eigenvalue weighted by Gasteiger charge is -2.13. The minimum Gasteiger partial charge on any atom is -0.0843 e. The molecule has 0 nitrogen and oxygen atoms in total. The van der Waals surface area contributed by atoms with E-state index in [0.717, 1.165) is 23.3 Å². The lowest BCUT2D eigenvalue weighted by molar-refractivity contribution is 0.560. The minimum atomic E-state index is 0.721. The van der Waals surface area contributed by atoms with E-state index in [2.05, 4.69) is 120 Å². The Labute approximate surface area is 224 Å². The van der Waals surface area contributed by atoms with E-state index in [1.54, 1.807) is 0 Å². The van der Waals surface area contributed by atoms with Gasteiger partial charge in [-0.15, -0.1) is 0 Å². The molecule has 0 spiro atoms. The van der Waals surface area contributed by atoms with Gasteiger partial charge in [0.1, 0.15) is 0 Å². The van der Waals surface area contributed by atoms with Crippen molar-refractivity contribution in [1.29, 1.82) is 0 Å². The number of aryl methyl sites for hydroxylation is 1. The van der Waals surface area contributed by atoms with Crippen LogP contribution in [0.4, 0.5) is 0 Å².